The quantitative estimate of drug-likeness (QED) is 0.423. The molecule has 2 rings (SSSR count). The lowest BCUT2D eigenvalue weighted by Gasteiger charge is -2.25. The highest BCUT2D eigenvalue weighted by atomic mass is 15.2. The van der Waals surface area contributed by atoms with Gasteiger partial charge in [-0.25, -0.2) is 0 Å². The molecule has 86 valence electrons. The summed E-state index contributed by atoms with van der Waals surface area (Å²) in [5.74, 6) is 7.38. The van der Waals surface area contributed by atoms with Crippen molar-refractivity contribution in [2.75, 3.05) is 0 Å². The maximum Gasteiger partial charge on any atom is 0.0448 e. The number of nitrogens with one attached hydrogen (secondary N) is 1. The summed E-state index contributed by atoms with van der Waals surface area (Å²) in [6.45, 7) is 2.36. The summed E-state index contributed by atoms with van der Waals surface area (Å²) in [6.07, 6.45) is 11.9. The minimum absolute atomic E-state index is 0.440. The molecule has 2 atom stereocenters. The van der Waals surface area contributed by atoms with Crippen LogP contribution in [-0.4, -0.2) is 6.04 Å². The molecule has 0 amide bonds. The van der Waals surface area contributed by atoms with Gasteiger partial charge in [0.05, 0.1) is 0 Å². The summed E-state index contributed by atoms with van der Waals surface area (Å²) in [4.78, 5) is 0. The van der Waals surface area contributed by atoms with E-state index in [-0.39, 0.29) is 0 Å². The zero-order chi connectivity index (χ0) is 10.7. The monoisotopic (exact) mass is 208 g/mol. The normalized spacial score (nSPS) is 26.7. The summed E-state index contributed by atoms with van der Waals surface area (Å²) >= 11 is 0. The van der Waals surface area contributed by atoms with Crippen LogP contribution in [0.5, 0.6) is 0 Å². The molecule has 0 aromatic heterocycles. The molecule has 2 unspecified atom stereocenters. The van der Waals surface area contributed by atoms with Crippen molar-refractivity contribution in [1.82, 2.24) is 5.43 Å². The summed E-state index contributed by atoms with van der Waals surface area (Å²) in [6, 6.07) is 0.440. The van der Waals surface area contributed by atoms with Gasteiger partial charge in [-0.15, -0.1) is 0 Å². The third-order valence-electron chi connectivity index (χ3n) is 4.05. The van der Waals surface area contributed by atoms with Gasteiger partial charge in [-0.2, -0.15) is 0 Å². The summed E-state index contributed by atoms with van der Waals surface area (Å²) < 4.78 is 0. The van der Waals surface area contributed by atoms with Crippen LogP contribution < -0.4 is 11.3 Å². The summed E-state index contributed by atoms with van der Waals surface area (Å²) in [5, 5.41) is 0. The SMILES string of the molecule is CC(C1CC1)C(NN)C1=CCCCCC1. The molecular formula is C13H24N2. The average Bonchev–Trinajstić information content (AvgIpc) is 3.07. The molecule has 1 fully saturated rings. The largest absolute Gasteiger partial charge is 0.271 e. The van der Waals surface area contributed by atoms with E-state index >= 15 is 0 Å². The van der Waals surface area contributed by atoms with Gasteiger partial charge in [-0.1, -0.05) is 25.0 Å². The maximum absolute atomic E-state index is 5.73. The Hall–Kier alpha value is -0.340. The minimum Gasteiger partial charge on any atom is -0.271 e. The van der Waals surface area contributed by atoms with Gasteiger partial charge in [-0.05, 0) is 50.4 Å². The second-order valence-electron chi connectivity index (χ2n) is 5.22. The molecule has 3 N–H and O–H groups in total. The van der Waals surface area contributed by atoms with Crippen LogP contribution in [0.25, 0.3) is 0 Å². The molecule has 1 saturated carbocycles. The predicted molar refractivity (Wildman–Crippen MR) is 64.2 cm³/mol. The molecule has 0 heterocycles. The Morgan fingerprint density at radius 1 is 1.33 bits per heavy atom. The highest BCUT2D eigenvalue weighted by molar-refractivity contribution is 5.14. The Morgan fingerprint density at radius 3 is 2.80 bits per heavy atom. The number of hydrazine groups is 1. The molecule has 15 heavy (non-hydrogen) atoms. The van der Waals surface area contributed by atoms with Crippen LogP contribution in [0.4, 0.5) is 0 Å². The summed E-state index contributed by atoms with van der Waals surface area (Å²) in [7, 11) is 0. The van der Waals surface area contributed by atoms with Crippen molar-refractivity contribution in [1.29, 1.82) is 0 Å². The van der Waals surface area contributed by atoms with E-state index in [9.17, 15) is 0 Å². The highest BCUT2D eigenvalue weighted by Gasteiger charge is 2.34. The standard InChI is InChI=1S/C13H24N2/c1-10(11-8-9-11)13(15-14)12-6-4-2-3-5-7-12/h6,10-11,13,15H,2-5,7-9,14H2,1H3. The van der Waals surface area contributed by atoms with Crippen LogP contribution in [0.3, 0.4) is 0 Å². The van der Waals surface area contributed by atoms with Crippen LogP contribution >= 0.6 is 0 Å². The van der Waals surface area contributed by atoms with Crippen LogP contribution in [0.2, 0.25) is 0 Å². The minimum atomic E-state index is 0.440. The molecule has 0 aliphatic heterocycles. The lowest BCUT2D eigenvalue weighted by atomic mass is 9.88. The predicted octanol–water partition coefficient (Wildman–Crippen LogP) is 2.75. The van der Waals surface area contributed by atoms with Gasteiger partial charge in [0, 0.05) is 6.04 Å². The number of rotatable bonds is 4. The first-order valence-corrected chi connectivity index (χ1v) is 6.48. The molecule has 0 radical (unpaired) electrons. The van der Waals surface area contributed by atoms with Gasteiger partial charge in [0.1, 0.15) is 0 Å². The highest BCUT2D eigenvalue weighted by Crippen LogP contribution is 2.40. The molecule has 0 saturated heterocycles. The van der Waals surface area contributed by atoms with Gasteiger partial charge < -0.3 is 0 Å². The van der Waals surface area contributed by atoms with Crippen molar-refractivity contribution in [2.45, 2.75) is 57.9 Å². The Bertz CT molecular complexity index is 231. The lowest BCUT2D eigenvalue weighted by Crippen LogP contribution is -2.42. The van der Waals surface area contributed by atoms with E-state index in [1.54, 1.807) is 5.57 Å². The van der Waals surface area contributed by atoms with Crippen LogP contribution in [-0.2, 0) is 0 Å². The van der Waals surface area contributed by atoms with Crippen LogP contribution in [0, 0.1) is 11.8 Å². The van der Waals surface area contributed by atoms with E-state index in [4.69, 9.17) is 5.84 Å². The molecule has 2 aliphatic carbocycles. The van der Waals surface area contributed by atoms with Gasteiger partial charge in [-0.3, -0.25) is 11.3 Å². The summed E-state index contributed by atoms with van der Waals surface area (Å²) in [5.41, 5.74) is 4.63. The molecule has 2 aliphatic rings. The van der Waals surface area contributed by atoms with E-state index in [1.807, 2.05) is 0 Å². The first kappa shape index (κ1) is 11.2. The molecule has 2 heteroatoms. The number of hydrogen-bond donors (Lipinski definition) is 2. The second kappa shape index (κ2) is 5.13. The maximum atomic E-state index is 5.73. The number of nitrogens with two attached hydrogens (primary N) is 1. The van der Waals surface area contributed by atoms with Crippen molar-refractivity contribution < 1.29 is 0 Å². The molecule has 2 nitrogen and oxygen atoms in total. The van der Waals surface area contributed by atoms with Crippen molar-refractivity contribution in [3.8, 4) is 0 Å². The number of allylic oxidation sites excluding steroid dienone is 1. The Labute approximate surface area is 93.3 Å². The van der Waals surface area contributed by atoms with Crippen molar-refractivity contribution in [3.05, 3.63) is 11.6 Å². The third kappa shape index (κ3) is 2.82. The fraction of sp³-hybridized carbons (Fsp3) is 0.846. The third-order valence-corrected chi connectivity index (χ3v) is 4.05. The molecule has 0 bridgehead atoms. The van der Waals surface area contributed by atoms with Gasteiger partial charge in [0.15, 0.2) is 0 Å². The Balaban J connectivity index is 1.99. The van der Waals surface area contributed by atoms with Crippen LogP contribution in [0.1, 0.15) is 51.9 Å². The van der Waals surface area contributed by atoms with Gasteiger partial charge >= 0.3 is 0 Å². The van der Waals surface area contributed by atoms with Gasteiger partial charge in [0.25, 0.3) is 0 Å². The molecular weight excluding hydrogens is 184 g/mol. The van der Waals surface area contributed by atoms with Crippen LogP contribution in [0.15, 0.2) is 11.6 Å². The molecule has 0 aromatic rings. The smallest absolute Gasteiger partial charge is 0.0448 e. The van der Waals surface area contributed by atoms with Crippen molar-refractivity contribution >= 4 is 0 Å². The fourth-order valence-electron chi connectivity index (χ4n) is 2.81. The van der Waals surface area contributed by atoms with Gasteiger partial charge in [0.2, 0.25) is 0 Å². The average molecular weight is 208 g/mol. The first-order chi connectivity index (χ1) is 7.33. The van der Waals surface area contributed by atoms with E-state index in [1.165, 1.54) is 44.9 Å². The molecule has 0 spiro atoms. The zero-order valence-corrected chi connectivity index (χ0v) is 9.84. The Kier molecular flexibility index (Phi) is 3.81. The van der Waals surface area contributed by atoms with E-state index < -0.39 is 0 Å². The molecule has 0 aromatic carbocycles. The topological polar surface area (TPSA) is 38.0 Å². The number of hydrogen-bond acceptors (Lipinski definition) is 2. The van der Waals surface area contributed by atoms with E-state index in [0.717, 1.165) is 11.8 Å². The van der Waals surface area contributed by atoms with E-state index in [2.05, 4.69) is 18.4 Å². The van der Waals surface area contributed by atoms with Crippen molar-refractivity contribution in [2.24, 2.45) is 17.7 Å². The van der Waals surface area contributed by atoms with Crippen molar-refractivity contribution in [3.63, 3.8) is 0 Å². The lowest BCUT2D eigenvalue weighted by molar-refractivity contribution is 0.376. The zero-order valence-electron chi connectivity index (χ0n) is 9.84. The Morgan fingerprint density at radius 2 is 2.13 bits per heavy atom. The first-order valence-electron chi connectivity index (χ1n) is 6.48. The van der Waals surface area contributed by atoms with E-state index in [0.29, 0.717) is 6.04 Å². The fourth-order valence-corrected chi connectivity index (χ4v) is 2.81. The second-order valence-corrected chi connectivity index (χ2v) is 5.22.